The van der Waals surface area contributed by atoms with Crippen LogP contribution in [0.2, 0.25) is 0 Å². The summed E-state index contributed by atoms with van der Waals surface area (Å²) in [6, 6.07) is 7.47. The van der Waals surface area contributed by atoms with Crippen molar-refractivity contribution in [3.05, 3.63) is 24.3 Å². The lowest BCUT2D eigenvalue weighted by Gasteiger charge is -2.36. The number of methoxy groups -OCH3 is 1. The SMILES string of the molecule is COc1ccc(OCCCC(=O)N2CCCCC2CNC(=O)CCN)cc1.Cl. The number of carbonyl (C=O) groups is 2. The van der Waals surface area contributed by atoms with Crippen LogP contribution in [0.15, 0.2) is 24.3 Å². The Labute approximate surface area is 173 Å². The normalized spacial score (nSPS) is 16.1. The Bertz CT molecular complexity index is 598. The van der Waals surface area contributed by atoms with E-state index in [1.54, 1.807) is 7.11 Å². The fourth-order valence-corrected chi connectivity index (χ4v) is 3.22. The van der Waals surface area contributed by atoms with E-state index in [1.807, 2.05) is 29.2 Å². The molecule has 1 fully saturated rings. The fourth-order valence-electron chi connectivity index (χ4n) is 3.22. The summed E-state index contributed by atoms with van der Waals surface area (Å²) in [5.41, 5.74) is 5.39. The van der Waals surface area contributed by atoms with Gasteiger partial charge in [0.25, 0.3) is 0 Å². The van der Waals surface area contributed by atoms with Gasteiger partial charge in [0.1, 0.15) is 11.5 Å². The lowest BCUT2D eigenvalue weighted by atomic mass is 10.0. The maximum Gasteiger partial charge on any atom is 0.223 e. The Hall–Kier alpha value is -1.99. The van der Waals surface area contributed by atoms with E-state index in [4.69, 9.17) is 15.2 Å². The van der Waals surface area contributed by atoms with E-state index in [2.05, 4.69) is 5.32 Å². The van der Waals surface area contributed by atoms with Gasteiger partial charge in [-0.15, -0.1) is 12.4 Å². The summed E-state index contributed by atoms with van der Waals surface area (Å²) in [7, 11) is 1.62. The third-order valence-electron chi connectivity index (χ3n) is 4.72. The van der Waals surface area contributed by atoms with Crippen molar-refractivity contribution in [1.82, 2.24) is 10.2 Å². The molecule has 0 spiro atoms. The minimum Gasteiger partial charge on any atom is -0.497 e. The van der Waals surface area contributed by atoms with Crippen LogP contribution in [0.4, 0.5) is 0 Å². The number of nitrogens with two attached hydrogens (primary N) is 1. The van der Waals surface area contributed by atoms with E-state index in [0.29, 0.717) is 39.0 Å². The van der Waals surface area contributed by atoms with Crippen LogP contribution < -0.4 is 20.5 Å². The number of rotatable bonds is 10. The van der Waals surface area contributed by atoms with Crippen LogP contribution in [-0.2, 0) is 9.59 Å². The largest absolute Gasteiger partial charge is 0.497 e. The number of ether oxygens (including phenoxy) is 2. The van der Waals surface area contributed by atoms with Crippen molar-refractivity contribution in [3.63, 3.8) is 0 Å². The zero-order valence-corrected chi connectivity index (χ0v) is 17.3. The summed E-state index contributed by atoms with van der Waals surface area (Å²) in [4.78, 5) is 26.1. The summed E-state index contributed by atoms with van der Waals surface area (Å²) in [6.07, 6.45) is 4.46. The maximum absolute atomic E-state index is 12.6. The molecule has 158 valence electrons. The number of amides is 2. The maximum atomic E-state index is 12.6. The number of nitrogens with one attached hydrogen (secondary N) is 1. The molecular weight excluding hydrogens is 382 g/mol. The fraction of sp³-hybridized carbons (Fsp3) is 0.600. The highest BCUT2D eigenvalue weighted by Crippen LogP contribution is 2.19. The van der Waals surface area contributed by atoms with Crippen molar-refractivity contribution in [3.8, 4) is 11.5 Å². The highest BCUT2D eigenvalue weighted by molar-refractivity contribution is 5.85. The number of hydrogen-bond acceptors (Lipinski definition) is 5. The van der Waals surface area contributed by atoms with E-state index < -0.39 is 0 Å². The molecule has 1 aliphatic rings. The van der Waals surface area contributed by atoms with Gasteiger partial charge in [0.05, 0.1) is 13.7 Å². The van der Waals surface area contributed by atoms with Gasteiger partial charge in [-0.2, -0.15) is 0 Å². The molecule has 3 N–H and O–H groups in total. The average Bonchev–Trinajstić information content (AvgIpc) is 2.70. The highest BCUT2D eigenvalue weighted by atomic mass is 35.5. The van der Waals surface area contributed by atoms with E-state index >= 15 is 0 Å². The standard InChI is InChI=1S/C20H31N3O4.ClH/c1-26-17-7-9-18(10-8-17)27-14-4-6-20(25)23-13-3-2-5-16(23)15-22-19(24)11-12-21;/h7-10,16H,2-6,11-15,21H2,1H3,(H,22,24);1H. The van der Waals surface area contributed by atoms with Crippen molar-refractivity contribution in [2.75, 3.05) is 33.4 Å². The smallest absolute Gasteiger partial charge is 0.223 e. The second-order valence-electron chi connectivity index (χ2n) is 6.71. The van der Waals surface area contributed by atoms with E-state index in [9.17, 15) is 9.59 Å². The molecule has 1 unspecified atom stereocenters. The topological polar surface area (TPSA) is 93.9 Å². The predicted octanol–water partition coefficient (Wildman–Crippen LogP) is 2.12. The Balaban J connectivity index is 0.00000392. The molecule has 1 aliphatic heterocycles. The van der Waals surface area contributed by atoms with Crippen molar-refractivity contribution in [1.29, 1.82) is 0 Å². The second-order valence-corrected chi connectivity index (χ2v) is 6.71. The van der Waals surface area contributed by atoms with Gasteiger partial charge in [-0.3, -0.25) is 9.59 Å². The van der Waals surface area contributed by atoms with Gasteiger partial charge >= 0.3 is 0 Å². The van der Waals surface area contributed by atoms with Crippen LogP contribution >= 0.6 is 12.4 Å². The van der Waals surface area contributed by atoms with Gasteiger partial charge in [-0.25, -0.2) is 0 Å². The van der Waals surface area contributed by atoms with Gasteiger partial charge in [-0.05, 0) is 49.9 Å². The molecule has 2 amide bonds. The number of benzene rings is 1. The molecule has 0 aromatic heterocycles. The lowest BCUT2D eigenvalue weighted by molar-refractivity contribution is -0.135. The first-order valence-corrected chi connectivity index (χ1v) is 9.67. The van der Waals surface area contributed by atoms with Gasteiger partial charge in [0.2, 0.25) is 11.8 Å². The molecule has 0 saturated carbocycles. The molecule has 8 heteroatoms. The molecule has 7 nitrogen and oxygen atoms in total. The van der Waals surface area contributed by atoms with Crippen molar-refractivity contribution < 1.29 is 19.1 Å². The predicted molar refractivity (Wildman–Crippen MR) is 111 cm³/mol. The Morgan fingerprint density at radius 3 is 2.57 bits per heavy atom. The summed E-state index contributed by atoms with van der Waals surface area (Å²) in [5, 5.41) is 2.89. The molecule has 0 radical (unpaired) electrons. The van der Waals surface area contributed by atoms with Crippen LogP contribution in [0.5, 0.6) is 11.5 Å². The van der Waals surface area contributed by atoms with Crippen LogP contribution in [0, 0.1) is 0 Å². The number of nitrogens with zero attached hydrogens (tertiary/aromatic N) is 1. The summed E-state index contributed by atoms with van der Waals surface area (Å²) >= 11 is 0. The third-order valence-corrected chi connectivity index (χ3v) is 4.72. The van der Waals surface area contributed by atoms with Crippen LogP contribution in [-0.4, -0.2) is 56.1 Å². The van der Waals surface area contributed by atoms with Crippen LogP contribution in [0.3, 0.4) is 0 Å². The summed E-state index contributed by atoms with van der Waals surface area (Å²) < 4.78 is 10.8. The molecule has 1 saturated heterocycles. The number of hydrogen-bond donors (Lipinski definition) is 2. The average molecular weight is 414 g/mol. The zero-order chi connectivity index (χ0) is 19.5. The zero-order valence-electron chi connectivity index (χ0n) is 16.5. The highest BCUT2D eigenvalue weighted by Gasteiger charge is 2.26. The van der Waals surface area contributed by atoms with Crippen LogP contribution in [0.1, 0.15) is 38.5 Å². The Kier molecular flexibility index (Phi) is 11.4. The van der Waals surface area contributed by atoms with Crippen LogP contribution in [0.25, 0.3) is 0 Å². The molecule has 0 aliphatic carbocycles. The molecule has 28 heavy (non-hydrogen) atoms. The minimum absolute atomic E-state index is 0. The van der Waals surface area contributed by atoms with Gasteiger partial charge in [0, 0.05) is 38.5 Å². The number of piperidine rings is 1. The summed E-state index contributed by atoms with van der Waals surface area (Å²) in [5.74, 6) is 1.63. The second kappa shape index (κ2) is 13.2. The van der Waals surface area contributed by atoms with Crippen molar-refractivity contribution in [2.45, 2.75) is 44.6 Å². The summed E-state index contributed by atoms with van der Waals surface area (Å²) in [6.45, 7) is 2.10. The number of halogens is 1. The lowest BCUT2D eigenvalue weighted by Crippen LogP contribution is -2.49. The molecule has 2 rings (SSSR count). The molecular formula is C20H32ClN3O4. The first kappa shape index (κ1) is 24.0. The molecule has 1 heterocycles. The number of likely N-dealkylation sites (tertiary alicyclic amines) is 1. The molecule has 1 aromatic rings. The Morgan fingerprint density at radius 1 is 1.18 bits per heavy atom. The Morgan fingerprint density at radius 2 is 1.89 bits per heavy atom. The van der Waals surface area contributed by atoms with E-state index in [-0.39, 0.29) is 30.3 Å². The number of carbonyl (C=O) groups excluding carboxylic acids is 2. The van der Waals surface area contributed by atoms with Crippen molar-refractivity contribution in [2.24, 2.45) is 5.73 Å². The third kappa shape index (κ3) is 7.94. The first-order valence-electron chi connectivity index (χ1n) is 9.67. The molecule has 1 aromatic carbocycles. The van der Waals surface area contributed by atoms with E-state index in [0.717, 1.165) is 37.3 Å². The molecule has 1 atom stereocenters. The molecule has 0 bridgehead atoms. The van der Waals surface area contributed by atoms with Crippen molar-refractivity contribution >= 4 is 24.2 Å². The minimum atomic E-state index is -0.0524. The monoisotopic (exact) mass is 413 g/mol. The van der Waals surface area contributed by atoms with Gasteiger partial charge < -0.3 is 25.4 Å². The van der Waals surface area contributed by atoms with Gasteiger partial charge in [0.15, 0.2) is 0 Å². The van der Waals surface area contributed by atoms with Gasteiger partial charge in [-0.1, -0.05) is 0 Å². The quantitative estimate of drug-likeness (QED) is 0.573. The van der Waals surface area contributed by atoms with E-state index in [1.165, 1.54) is 0 Å². The first-order chi connectivity index (χ1) is 13.1.